The van der Waals surface area contributed by atoms with Gasteiger partial charge in [-0.15, -0.1) is 0 Å². The van der Waals surface area contributed by atoms with Gasteiger partial charge in [0.15, 0.2) is 0 Å². The molecule has 0 aliphatic carbocycles. The maximum atomic E-state index is 12.2. The van der Waals surface area contributed by atoms with Gasteiger partial charge in [-0.25, -0.2) is 4.98 Å². The van der Waals surface area contributed by atoms with Crippen molar-refractivity contribution in [2.24, 2.45) is 0 Å². The van der Waals surface area contributed by atoms with Crippen molar-refractivity contribution in [3.8, 4) is 5.75 Å². The molecule has 2 heterocycles. The van der Waals surface area contributed by atoms with Crippen molar-refractivity contribution in [2.75, 3.05) is 43.5 Å². The molecule has 6 heteroatoms. The first-order valence-corrected chi connectivity index (χ1v) is 10.6. The molecule has 1 aliphatic rings. The molecule has 1 N–H and O–H groups in total. The quantitative estimate of drug-likeness (QED) is 0.638. The van der Waals surface area contributed by atoms with E-state index in [0.29, 0.717) is 6.42 Å². The van der Waals surface area contributed by atoms with E-state index in [1.165, 1.54) is 5.56 Å². The lowest BCUT2D eigenvalue weighted by Gasteiger charge is -2.35. The molecule has 1 saturated heterocycles. The van der Waals surface area contributed by atoms with E-state index in [0.717, 1.165) is 55.5 Å². The van der Waals surface area contributed by atoms with E-state index in [9.17, 15) is 4.79 Å². The van der Waals surface area contributed by atoms with Crippen molar-refractivity contribution in [1.82, 2.24) is 9.88 Å². The van der Waals surface area contributed by atoms with Crippen LogP contribution in [0.3, 0.4) is 0 Å². The summed E-state index contributed by atoms with van der Waals surface area (Å²) >= 11 is 0. The third-order valence-corrected chi connectivity index (χ3v) is 5.48. The van der Waals surface area contributed by atoms with Gasteiger partial charge in [0, 0.05) is 32.7 Å². The molecular weight excluding hydrogens is 388 g/mol. The van der Waals surface area contributed by atoms with Crippen molar-refractivity contribution in [1.29, 1.82) is 0 Å². The molecule has 0 saturated carbocycles. The van der Waals surface area contributed by atoms with E-state index in [-0.39, 0.29) is 5.91 Å². The highest BCUT2D eigenvalue weighted by Gasteiger charge is 2.18. The third-order valence-electron chi connectivity index (χ3n) is 5.48. The highest BCUT2D eigenvalue weighted by molar-refractivity contribution is 5.92. The third kappa shape index (κ3) is 5.83. The van der Waals surface area contributed by atoms with Crippen LogP contribution in [0.1, 0.15) is 11.1 Å². The van der Waals surface area contributed by atoms with Crippen molar-refractivity contribution in [3.63, 3.8) is 0 Å². The molecule has 3 aromatic rings. The first-order chi connectivity index (χ1) is 15.2. The van der Waals surface area contributed by atoms with Gasteiger partial charge in [0.05, 0.1) is 25.4 Å². The van der Waals surface area contributed by atoms with Gasteiger partial charge in [-0.05, 0) is 35.4 Å². The maximum absolute atomic E-state index is 12.2. The van der Waals surface area contributed by atoms with Crippen LogP contribution in [0.25, 0.3) is 0 Å². The predicted molar refractivity (Wildman–Crippen MR) is 123 cm³/mol. The highest BCUT2D eigenvalue weighted by atomic mass is 16.5. The molecule has 0 atom stereocenters. The molecule has 1 amide bonds. The van der Waals surface area contributed by atoms with Crippen molar-refractivity contribution in [2.45, 2.75) is 13.0 Å². The number of rotatable bonds is 7. The summed E-state index contributed by atoms with van der Waals surface area (Å²) in [6.07, 6.45) is 2.10. The minimum absolute atomic E-state index is 0.0353. The van der Waals surface area contributed by atoms with Crippen LogP contribution in [0, 0.1) is 0 Å². The van der Waals surface area contributed by atoms with Crippen LogP contribution in [0.5, 0.6) is 5.75 Å². The van der Waals surface area contributed by atoms with E-state index in [1.807, 2.05) is 54.6 Å². The second-order valence-electron chi connectivity index (χ2n) is 7.73. The number of hydrogen-bond acceptors (Lipinski definition) is 5. The predicted octanol–water partition coefficient (Wildman–Crippen LogP) is 3.59. The fourth-order valence-corrected chi connectivity index (χ4v) is 3.80. The van der Waals surface area contributed by atoms with Crippen LogP contribution >= 0.6 is 0 Å². The van der Waals surface area contributed by atoms with Crippen LogP contribution in [-0.2, 0) is 17.8 Å². The number of hydrogen-bond donors (Lipinski definition) is 1. The number of pyridine rings is 1. The van der Waals surface area contributed by atoms with E-state index in [4.69, 9.17) is 4.74 Å². The number of anilines is 2. The number of nitrogens with one attached hydrogen (secondary N) is 1. The summed E-state index contributed by atoms with van der Waals surface area (Å²) in [6.45, 7) is 4.74. The average Bonchev–Trinajstić information content (AvgIpc) is 2.81. The van der Waals surface area contributed by atoms with Crippen LogP contribution in [0.2, 0.25) is 0 Å². The largest absolute Gasteiger partial charge is 0.497 e. The Kier molecular flexibility index (Phi) is 6.79. The minimum atomic E-state index is -0.0353. The van der Waals surface area contributed by atoms with E-state index in [2.05, 4.69) is 32.2 Å². The van der Waals surface area contributed by atoms with Gasteiger partial charge < -0.3 is 15.0 Å². The highest BCUT2D eigenvalue weighted by Crippen LogP contribution is 2.19. The van der Waals surface area contributed by atoms with Crippen molar-refractivity contribution < 1.29 is 9.53 Å². The number of ether oxygens (including phenoxy) is 1. The van der Waals surface area contributed by atoms with Gasteiger partial charge in [0.2, 0.25) is 5.91 Å². The van der Waals surface area contributed by atoms with Crippen LogP contribution in [-0.4, -0.2) is 49.1 Å². The Morgan fingerprint density at radius 2 is 1.74 bits per heavy atom. The Morgan fingerprint density at radius 3 is 2.45 bits per heavy atom. The molecule has 0 spiro atoms. The van der Waals surface area contributed by atoms with Gasteiger partial charge in [0.25, 0.3) is 0 Å². The fourth-order valence-electron chi connectivity index (χ4n) is 3.80. The lowest BCUT2D eigenvalue weighted by molar-refractivity contribution is -0.115. The Balaban J connectivity index is 1.26. The summed E-state index contributed by atoms with van der Waals surface area (Å²) in [6, 6.07) is 21.9. The van der Waals surface area contributed by atoms with Gasteiger partial charge >= 0.3 is 0 Å². The molecule has 6 nitrogen and oxygen atoms in total. The zero-order valence-electron chi connectivity index (χ0n) is 17.8. The summed E-state index contributed by atoms with van der Waals surface area (Å²) < 4.78 is 5.32. The molecule has 2 aromatic carbocycles. The number of nitrogens with zero attached hydrogens (tertiary/aromatic N) is 3. The van der Waals surface area contributed by atoms with Crippen LogP contribution < -0.4 is 15.0 Å². The maximum Gasteiger partial charge on any atom is 0.228 e. The fraction of sp³-hybridized carbons (Fsp3) is 0.280. The topological polar surface area (TPSA) is 57.7 Å². The molecule has 1 aromatic heterocycles. The average molecular weight is 417 g/mol. The Labute approximate surface area is 183 Å². The molecule has 1 aliphatic heterocycles. The zero-order valence-corrected chi connectivity index (χ0v) is 17.8. The molecule has 1 fully saturated rings. The normalized spacial score (nSPS) is 14.3. The first-order valence-electron chi connectivity index (χ1n) is 10.6. The monoisotopic (exact) mass is 416 g/mol. The number of carbonyl (C=O) groups excluding carboxylic acids is 1. The van der Waals surface area contributed by atoms with Crippen molar-refractivity contribution >= 4 is 17.4 Å². The molecule has 31 heavy (non-hydrogen) atoms. The number of amides is 1. The number of piperazine rings is 1. The van der Waals surface area contributed by atoms with Gasteiger partial charge in [0.1, 0.15) is 11.6 Å². The molecular formula is C25H28N4O2. The summed E-state index contributed by atoms with van der Waals surface area (Å²) in [4.78, 5) is 21.5. The Bertz CT molecular complexity index is 984. The lowest BCUT2D eigenvalue weighted by Crippen LogP contribution is -2.46. The molecule has 0 bridgehead atoms. The van der Waals surface area contributed by atoms with E-state index < -0.39 is 0 Å². The Hall–Kier alpha value is -3.38. The number of carbonyl (C=O) groups is 1. The SMILES string of the molecule is COc1cccc(CN2CCN(c3ccc(NC(=O)Cc4ccccc4)cn3)CC2)c1. The van der Waals surface area contributed by atoms with Crippen LogP contribution in [0.15, 0.2) is 72.9 Å². The summed E-state index contributed by atoms with van der Waals surface area (Å²) in [7, 11) is 1.70. The number of methoxy groups -OCH3 is 1. The number of benzene rings is 2. The van der Waals surface area contributed by atoms with Gasteiger partial charge in [-0.3, -0.25) is 9.69 Å². The second-order valence-corrected chi connectivity index (χ2v) is 7.73. The molecule has 0 unspecified atom stereocenters. The zero-order chi connectivity index (χ0) is 21.5. The molecule has 160 valence electrons. The van der Waals surface area contributed by atoms with Gasteiger partial charge in [-0.2, -0.15) is 0 Å². The Morgan fingerprint density at radius 1 is 0.968 bits per heavy atom. The smallest absolute Gasteiger partial charge is 0.228 e. The van der Waals surface area contributed by atoms with E-state index in [1.54, 1.807) is 13.3 Å². The van der Waals surface area contributed by atoms with Gasteiger partial charge in [-0.1, -0.05) is 42.5 Å². The minimum Gasteiger partial charge on any atom is -0.497 e. The molecule has 4 rings (SSSR count). The van der Waals surface area contributed by atoms with E-state index >= 15 is 0 Å². The number of aromatic nitrogens is 1. The van der Waals surface area contributed by atoms with Crippen LogP contribution in [0.4, 0.5) is 11.5 Å². The summed E-state index contributed by atoms with van der Waals surface area (Å²) in [5, 5.41) is 2.93. The van der Waals surface area contributed by atoms with Crippen molar-refractivity contribution in [3.05, 3.63) is 84.1 Å². The standard InChI is InChI=1S/C25H28N4O2/c1-31-23-9-5-8-21(16-23)19-28-12-14-29(15-13-28)24-11-10-22(18-26-24)27-25(30)17-20-6-3-2-4-7-20/h2-11,16,18H,12-15,17,19H2,1H3,(H,27,30). The summed E-state index contributed by atoms with van der Waals surface area (Å²) in [5.41, 5.74) is 2.99. The lowest BCUT2D eigenvalue weighted by atomic mass is 10.1. The second kappa shape index (κ2) is 10.1. The first kappa shape index (κ1) is 20.9. The summed E-state index contributed by atoms with van der Waals surface area (Å²) in [5.74, 6) is 1.81. The molecule has 0 radical (unpaired) electrons.